The highest BCUT2D eigenvalue weighted by molar-refractivity contribution is 5.69. The van der Waals surface area contributed by atoms with E-state index in [0.29, 0.717) is 19.0 Å². The fourth-order valence-electron chi connectivity index (χ4n) is 1.98. The number of carbonyl (C=O) groups excluding carboxylic acids is 1. The summed E-state index contributed by atoms with van der Waals surface area (Å²) in [6.45, 7) is 7.39. The molecule has 6 heteroatoms. The maximum Gasteiger partial charge on any atom is 0.409 e. The third-order valence-electron chi connectivity index (χ3n) is 3.05. The zero-order valence-electron chi connectivity index (χ0n) is 11.8. The van der Waals surface area contributed by atoms with Crippen molar-refractivity contribution >= 4 is 11.9 Å². The number of aryl methyl sites for hydroxylation is 1. The molecule has 1 aromatic heterocycles. The van der Waals surface area contributed by atoms with Gasteiger partial charge >= 0.3 is 6.09 Å². The van der Waals surface area contributed by atoms with Crippen molar-refractivity contribution in [3.8, 4) is 0 Å². The van der Waals surface area contributed by atoms with Crippen molar-refractivity contribution in [1.29, 1.82) is 0 Å². The van der Waals surface area contributed by atoms with Crippen LogP contribution in [-0.2, 0) is 4.74 Å². The Morgan fingerprint density at radius 3 is 2.74 bits per heavy atom. The van der Waals surface area contributed by atoms with Crippen LogP contribution in [0.25, 0.3) is 0 Å². The van der Waals surface area contributed by atoms with E-state index < -0.39 is 0 Å². The number of aromatic nitrogens is 2. The van der Waals surface area contributed by atoms with Crippen molar-refractivity contribution in [2.75, 3.05) is 25.5 Å². The Kier molecular flexibility index (Phi) is 3.87. The number of methoxy groups -OCH3 is 1. The molecule has 0 unspecified atom stereocenters. The fourth-order valence-corrected chi connectivity index (χ4v) is 1.98. The largest absolute Gasteiger partial charge is 0.453 e. The molecule has 0 aromatic carbocycles. The van der Waals surface area contributed by atoms with Crippen LogP contribution in [0.3, 0.4) is 0 Å². The van der Waals surface area contributed by atoms with Crippen LogP contribution >= 0.6 is 0 Å². The van der Waals surface area contributed by atoms with Gasteiger partial charge in [-0.05, 0) is 6.92 Å². The van der Waals surface area contributed by atoms with Gasteiger partial charge in [-0.2, -0.15) is 0 Å². The van der Waals surface area contributed by atoms with E-state index >= 15 is 0 Å². The van der Waals surface area contributed by atoms with E-state index in [2.05, 4.69) is 33.9 Å². The third kappa shape index (κ3) is 3.13. The first-order valence-corrected chi connectivity index (χ1v) is 6.44. The number of nitrogens with zero attached hydrogens (tertiary/aromatic N) is 3. The Labute approximate surface area is 113 Å². The van der Waals surface area contributed by atoms with E-state index in [-0.39, 0.29) is 12.1 Å². The minimum atomic E-state index is -0.278. The van der Waals surface area contributed by atoms with Crippen molar-refractivity contribution in [2.24, 2.45) is 0 Å². The van der Waals surface area contributed by atoms with E-state index in [1.54, 1.807) is 4.90 Å². The first-order valence-electron chi connectivity index (χ1n) is 6.44. The number of nitrogens with one attached hydrogen (secondary N) is 1. The molecule has 2 rings (SSSR count). The second-order valence-electron chi connectivity index (χ2n) is 5.12. The zero-order chi connectivity index (χ0) is 14.0. The van der Waals surface area contributed by atoms with Crippen LogP contribution in [-0.4, -0.2) is 47.2 Å². The summed E-state index contributed by atoms with van der Waals surface area (Å²) in [6, 6.07) is 2.15. The highest BCUT2D eigenvalue weighted by Gasteiger charge is 2.31. The number of hydrogen-bond donors (Lipinski definition) is 1. The quantitative estimate of drug-likeness (QED) is 0.901. The maximum atomic E-state index is 11.2. The van der Waals surface area contributed by atoms with Gasteiger partial charge in [0.15, 0.2) is 0 Å². The van der Waals surface area contributed by atoms with Crippen molar-refractivity contribution < 1.29 is 9.53 Å². The molecule has 0 radical (unpaired) electrons. The topological polar surface area (TPSA) is 67.3 Å². The molecule has 1 saturated heterocycles. The van der Waals surface area contributed by atoms with Gasteiger partial charge in [0.1, 0.15) is 11.6 Å². The molecular formula is C13H20N4O2. The number of ether oxygens (including phenoxy) is 1. The zero-order valence-corrected chi connectivity index (χ0v) is 11.8. The summed E-state index contributed by atoms with van der Waals surface area (Å²) in [4.78, 5) is 21.8. The predicted octanol–water partition coefficient (Wildman–Crippen LogP) is 1.77. The predicted molar refractivity (Wildman–Crippen MR) is 72.2 cm³/mol. The molecule has 1 amide bonds. The van der Waals surface area contributed by atoms with Crippen molar-refractivity contribution in [2.45, 2.75) is 32.7 Å². The second kappa shape index (κ2) is 5.42. The average Bonchev–Trinajstić information content (AvgIpc) is 2.31. The molecule has 0 bridgehead atoms. The third-order valence-corrected chi connectivity index (χ3v) is 3.05. The lowest BCUT2D eigenvalue weighted by Crippen LogP contribution is -2.57. The highest BCUT2D eigenvalue weighted by Crippen LogP contribution is 2.17. The number of likely N-dealkylation sites (tertiary alicyclic amines) is 1. The lowest BCUT2D eigenvalue weighted by molar-refractivity contribution is 0.0929. The Bertz CT molecular complexity index is 470. The van der Waals surface area contributed by atoms with Gasteiger partial charge in [0.05, 0.1) is 13.2 Å². The van der Waals surface area contributed by atoms with Gasteiger partial charge < -0.3 is 15.0 Å². The minimum absolute atomic E-state index is 0.230. The van der Waals surface area contributed by atoms with Crippen LogP contribution in [0.1, 0.15) is 31.3 Å². The molecule has 0 spiro atoms. The molecular weight excluding hydrogens is 244 g/mol. The number of amides is 1. The summed E-state index contributed by atoms with van der Waals surface area (Å²) in [6.07, 6.45) is -0.278. The standard InChI is InChI=1S/C13H20N4O2/c1-8(2)12-14-9(3)5-11(16-12)15-10-6-17(7-10)13(18)19-4/h5,8,10H,6-7H2,1-4H3,(H,14,15,16). The molecule has 104 valence electrons. The van der Waals surface area contributed by atoms with Gasteiger partial charge in [-0.3, -0.25) is 0 Å². The Morgan fingerprint density at radius 1 is 1.47 bits per heavy atom. The van der Waals surface area contributed by atoms with E-state index in [9.17, 15) is 4.79 Å². The van der Waals surface area contributed by atoms with E-state index in [1.165, 1.54) is 7.11 Å². The Balaban J connectivity index is 1.96. The molecule has 0 aliphatic carbocycles. The highest BCUT2D eigenvalue weighted by atomic mass is 16.5. The summed E-state index contributed by atoms with van der Waals surface area (Å²) in [7, 11) is 1.39. The van der Waals surface area contributed by atoms with Gasteiger partial charge in [-0.15, -0.1) is 0 Å². The molecule has 0 atom stereocenters. The van der Waals surface area contributed by atoms with E-state index in [4.69, 9.17) is 0 Å². The van der Waals surface area contributed by atoms with Crippen LogP contribution in [0, 0.1) is 6.92 Å². The monoisotopic (exact) mass is 264 g/mol. The molecule has 1 aliphatic heterocycles. The smallest absolute Gasteiger partial charge is 0.409 e. The lowest BCUT2D eigenvalue weighted by Gasteiger charge is -2.38. The van der Waals surface area contributed by atoms with Crippen molar-refractivity contribution in [3.63, 3.8) is 0 Å². The number of anilines is 1. The molecule has 1 fully saturated rings. The number of rotatable bonds is 3. The van der Waals surface area contributed by atoms with Crippen LogP contribution < -0.4 is 5.32 Å². The second-order valence-corrected chi connectivity index (χ2v) is 5.12. The molecule has 1 aromatic rings. The molecule has 19 heavy (non-hydrogen) atoms. The number of carbonyl (C=O) groups is 1. The summed E-state index contributed by atoms with van der Waals surface area (Å²) >= 11 is 0. The first-order chi connectivity index (χ1) is 8.99. The average molecular weight is 264 g/mol. The van der Waals surface area contributed by atoms with Crippen molar-refractivity contribution in [3.05, 3.63) is 17.6 Å². The van der Waals surface area contributed by atoms with E-state index in [0.717, 1.165) is 17.3 Å². The molecule has 1 aliphatic rings. The van der Waals surface area contributed by atoms with Gasteiger partial charge in [-0.1, -0.05) is 13.8 Å². The first kappa shape index (κ1) is 13.6. The SMILES string of the molecule is COC(=O)N1CC(Nc2cc(C)nc(C(C)C)n2)C1. The summed E-state index contributed by atoms with van der Waals surface area (Å²) in [5.41, 5.74) is 0.949. The van der Waals surface area contributed by atoms with Crippen LogP contribution in [0.5, 0.6) is 0 Å². The van der Waals surface area contributed by atoms with Crippen LogP contribution in [0.4, 0.5) is 10.6 Å². The fraction of sp³-hybridized carbons (Fsp3) is 0.615. The Hall–Kier alpha value is -1.85. The summed E-state index contributed by atoms with van der Waals surface area (Å²) in [5.74, 6) is 1.96. The van der Waals surface area contributed by atoms with Gasteiger partial charge in [0.25, 0.3) is 0 Å². The van der Waals surface area contributed by atoms with E-state index in [1.807, 2.05) is 13.0 Å². The minimum Gasteiger partial charge on any atom is -0.453 e. The normalized spacial score (nSPS) is 15.3. The Morgan fingerprint density at radius 2 is 2.16 bits per heavy atom. The number of hydrogen-bond acceptors (Lipinski definition) is 5. The van der Waals surface area contributed by atoms with Gasteiger partial charge in [-0.25, -0.2) is 14.8 Å². The molecule has 6 nitrogen and oxygen atoms in total. The van der Waals surface area contributed by atoms with Crippen LogP contribution in [0.2, 0.25) is 0 Å². The molecule has 0 saturated carbocycles. The van der Waals surface area contributed by atoms with Gasteiger partial charge in [0, 0.05) is 30.8 Å². The van der Waals surface area contributed by atoms with Gasteiger partial charge in [0.2, 0.25) is 0 Å². The maximum absolute atomic E-state index is 11.2. The van der Waals surface area contributed by atoms with Crippen molar-refractivity contribution in [1.82, 2.24) is 14.9 Å². The molecule has 2 heterocycles. The molecule has 1 N–H and O–H groups in total. The van der Waals surface area contributed by atoms with Crippen LogP contribution in [0.15, 0.2) is 6.07 Å². The lowest BCUT2D eigenvalue weighted by atomic mass is 10.1. The summed E-state index contributed by atoms with van der Waals surface area (Å²) in [5, 5.41) is 3.32. The summed E-state index contributed by atoms with van der Waals surface area (Å²) < 4.78 is 4.66.